The van der Waals surface area contributed by atoms with Crippen LogP contribution in [0.15, 0.2) is 0 Å². The van der Waals surface area contributed by atoms with Crippen LogP contribution < -0.4 is 0 Å². The highest BCUT2D eigenvalue weighted by Crippen LogP contribution is 2.07. The molecule has 1 rings (SSSR count). The van der Waals surface area contributed by atoms with Crippen LogP contribution in [-0.4, -0.2) is 54.4 Å². The molecule has 1 fully saturated rings. The molecule has 1 aliphatic heterocycles. The van der Waals surface area contributed by atoms with Gasteiger partial charge in [0.25, 0.3) is 0 Å². The molecule has 0 atom stereocenters. The molecule has 3 heteroatoms. The van der Waals surface area contributed by atoms with E-state index in [1.54, 1.807) is 0 Å². The molecule has 0 aromatic carbocycles. The molecule has 0 aromatic rings. The maximum Gasteiger partial charge on any atom is 0.0159 e. The van der Waals surface area contributed by atoms with Gasteiger partial charge in [0.05, 0.1) is 0 Å². The zero-order chi connectivity index (χ0) is 10.9. The van der Waals surface area contributed by atoms with E-state index in [2.05, 4.69) is 32.7 Å². The molecule has 90 valence electrons. The summed E-state index contributed by atoms with van der Waals surface area (Å²) in [6, 6.07) is 0. The van der Waals surface area contributed by atoms with Gasteiger partial charge in [0.15, 0.2) is 0 Å². The summed E-state index contributed by atoms with van der Waals surface area (Å²) < 4.78 is 0. The van der Waals surface area contributed by atoms with E-state index >= 15 is 0 Å². The van der Waals surface area contributed by atoms with Gasteiger partial charge in [0.1, 0.15) is 0 Å². The van der Waals surface area contributed by atoms with Gasteiger partial charge in [-0.05, 0) is 58.4 Å². The smallest absolute Gasteiger partial charge is 0.0159 e. The molecule has 1 saturated heterocycles. The fourth-order valence-electron chi connectivity index (χ4n) is 2.30. The Hall–Kier alpha value is 0.400. The van der Waals surface area contributed by atoms with Gasteiger partial charge in [-0.1, -0.05) is 22.9 Å². The Balaban J connectivity index is 2.04. The zero-order valence-corrected chi connectivity index (χ0v) is 11.6. The molecular formula is C12H25BrN2. The molecule has 0 amide bonds. The Bertz CT molecular complexity index is 141. The van der Waals surface area contributed by atoms with Crippen LogP contribution in [-0.2, 0) is 0 Å². The third-order valence-electron chi connectivity index (χ3n) is 3.09. The summed E-state index contributed by atoms with van der Waals surface area (Å²) in [6.45, 7) is 9.98. The van der Waals surface area contributed by atoms with E-state index in [1.807, 2.05) is 0 Å². The van der Waals surface area contributed by atoms with E-state index in [1.165, 1.54) is 65.0 Å². The number of hydrogen-bond donors (Lipinski definition) is 0. The SMILES string of the molecule is CCCN(CCBr)CCCN1CCCC1. The minimum Gasteiger partial charge on any atom is -0.303 e. The summed E-state index contributed by atoms with van der Waals surface area (Å²) in [5.41, 5.74) is 0. The van der Waals surface area contributed by atoms with Gasteiger partial charge in [0.2, 0.25) is 0 Å². The second-order valence-electron chi connectivity index (χ2n) is 4.43. The van der Waals surface area contributed by atoms with Crippen molar-refractivity contribution in [1.82, 2.24) is 9.80 Å². The van der Waals surface area contributed by atoms with E-state index in [9.17, 15) is 0 Å². The Morgan fingerprint density at radius 2 is 1.87 bits per heavy atom. The number of likely N-dealkylation sites (tertiary alicyclic amines) is 1. The summed E-state index contributed by atoms with van der Waals surface area (Å²) in [5.74, 6) is 0. The summed E-state index contributed by atoms with van der Waals surface area (Å²) in [4.78, 5) is 5.18. The van der Waals surface area contributed by atoms with Gasteiger partial charge in [-0.25, -0.2) is 0 Å². The first-order valence-corrected chi connectivity index (χ1v) is 7.49. The van der Waals surface area contributed by atoms with Crippen molar-refractivity contribution < 1.29 is 0 Å². The first-order valence-electron chi connectivity index (χ1n) is 6.37. The van der Waals surface area contributed by atoms with Crippen LogP contribution in [0.5, 0.6) is 0 Å². The van der Waals surface area contributed by atoms with E-state index in [0.29, 0.717) is 0 Å². The van der Waals surface area contributed by atoms with Crippen molar-refractivity contribution in [3.05, 3.63) is 0 Å². The van der Waals surface area contributed by atoms with Crippen LogP contribution in [0.1, 0.15) is 32.6 Å². The Kier molecular flexibility index (Phi) is 7.67. The first kappa shape index (κ1) is 13.5. The quantitative estimate of drug-likeness (QED) is 0.629. The molecule has 1 aliphatic rings. The van der Waals surface area contributed by atoms with Gasteiger partial charge in [-0.3, -0.25) is 0 Å². The summed E-state index contributed by atoms with van der Waals surface area (Å²) in [6.07, 6.45) is 5.45. The maximum atomic E-state index is 3.53. The number of alkyl halides is 1. The number of hydrogen-bond acceptors (Lipinski definition) is 2. The normalized spacial score (nSPS) is 17.8. The van der Waals surface area contributed by atoms with Gasteiger partial charge in [0, 0.05) is 11.9 Å². The molecule has 1 heterocycles. The van der Waals surface area contributed by atoms with Crippen molar-refractivity contribution in [1.29, 1.82) is 0 Å². The number of rotatable bonds is 8. The van der Waals surface area contributed by atoms with E-state index in [0.717, 1.165) is 5.33 Å². The second-order valence-corrected chi connectivity index (χ2v) is 5.23. The van der Waals surface area contributed by atoms with Crippen LogP contribution in [0.2, 0.25) is 0 Å². The predicted molar refractivity (Wildman–Crippen MR) is 70.8 cm³/mol. The Labute approximate surface area is 103 Å². The fraction of sp³-hybridized carbons (Fsp3) is 1.00. The third kappa shape index (κ3) is 5.88. The van der Waals surface area contributed by atoms with Crippen molar-refractivity contribution >= 4 is 15.9 Å². The molecule has 0 saturated carbocycles. The first-order chi connectivity index (χ1) is 7.36. The standard InChI is InChI=1S/C12H25BrN2/c1-2-7-14(12-6-13)10-5-11-15-8-3-4-9-15/h2-12H2,1H3. The lowest BCUT2D eigenvalue weighted by Gasteiger charge is -2.22. The largest absolute Gasteiger partial charge is 0.303 e. The number of halogens is 1. The molecule has 0 spiro atoms. The Morgan fingerprint density at radius 1 is 1.13 bits per heavy atom. The van der Waals surface area contributed by atoms with Crippen LogP contribution >= 0.6 is 15.9 Å². The van der Waals surface area contributed by atoms with Crippen LogP contribution in [0, 0.1) is 0 Å². The molecular weight excluding hydrogens is 252 g/mol. The molecule has 15 heavy (non-hydrogen) atoms. The molecule has 0 radical (unpaired) electrons. The van der Waals surface area contributed by atoms with Crippen molar-refractivity contribution in [3.63, 3.8) is 0 Å². The third-order valence-corrected chi connectivity index (χ3v) is 3.44. The minimum atomic E-state index is 1.11. The molecule has 0 aromatic heterocycles. The average molecular weight is 277 g/mol. The molecule has 0 aliphatic carbocycles. The minimum absolute atomic E-state index is 1.11. The summed E-state index contributed by atoms with van der Waals surface area (Å²) >= 11 is 3.53. The van der Waals surface area contributed by atoms with Crippen LogP contribution in [0.4, 0.5) is 0 Å². The molecule has 0 unspecified atom stereocenters. The lowest BCUT2D eigenvalue weighted by molar-refractivity contribution is 0.256. The fourth-order valence-corrected chi connectivity index (χ4v) is 2.80. The second kappa shape index (κ2) is 8.54. The van der Waals surface area contributed by atoms with Crippen molar-refractivity contribution in [3.8, 4) is 0 Å². The highest BCUT2D eigenvalue weighted by Gasteiger charge is 2.11. The van der Waals surface area contributed by atoms with Gasteiger partial charge >= 0.3 is 0 Å². The lowest BCUT2D eigenvalue weighted by Crippen LogP contribution is -2.30. The van der Waals surface area contributed by atoms with E-state index in [-0.39, 0.29) is 0 Å². The zero-order valence-electron chi connectivity index (χ0n) is 10.1. The van der Waals surface area contributed by atoms with Crippen LogP contribution in [0.3, 0.4) is 0 Å². The molecule has 0 bridgehead atoms. The predicted octanol–water partition coefficient (Wildman–Crippen LogP) is 2.58. The summed E-state index contributed by atoms with van der Waals surface area (Å²) in [5, 5.41) is 1.11. The highest BCUT2D eigenvalue weighted by atomic mass is 79.9. The highest BCUT2D eigenvalue weighted by molar-refractivity contribution is 9.09. The molecule has 2 nitrogen and oxygen atoms in total. The topological polar surface area (TPSA) is 6.48 Å². The Morgan fingerprint density at radius 3 is 2.47 bits per heavy atom. The van der Waals surface area contributed by atoms with E-state index in [4.69, 9.17) is 0 Å². The molecule has 0 N–H and O–H groups in total. The van der Waals surface area contributed by atoms with Crippen molar-refractivity contribution in [2.75, 3.05) is 44.6 Å². The van der Waals surface area contributed by atoms with Gasteiger partial charge in [-0.15, -0.1) is 0 Å². The van der Waals surface area contributed by atoms with Gasteiger partial charge < -0.3 is 9.80 Å². The maximum absolute atomic E-state index is 3.53. The lowest BCUT2D eigenvalue weighted by atomic mass is 10.3. The van der Waals surface area contributed by atoms with Gasteiger partial charge in [-0.2, -0.15) is 0 Å². The van der Waals surface area contributed by atoms with Crippen molar-refractivity contribution in [2.45, 2.75) is 32.6 Å². The van der Waals surface area contributed by atoms with E-state index < -0.39 is 0 Å². The number of nitrogens with zero attached hydrogens (tertiary/aromatic N) is 2. The monoisotopic (exact) mass is 276 g/mol. The van der Waals surface area contributed by atoms with Crippen molar-refractivity contribution in [2.24, 2.45) is 0 Å². The average Bonchev–Trinajstić information content (AvgIpc) is 2.71. The van der Waals surface area contributed by atoms with Crippen LogP contribution in [0.25, 0.3) is 0 Å². The summed E-state index contributed by atoms with van der Waals surface area (Å²) in [7, 11) is 0.